The molecule has 0 heterocycles. The van der Waals surface area contributed by atoms with Crippen molar-refractivity contribution < 1.29 is 14.6 Å². The Kier molecular flexibility index (Phi) is 2.00. The Hall–Kier alpha value is -1.38. The van der Waals surface area contributed by atoms with E-state index in [2.05, 4.69) is 0 Å². The van der Waals surface area contributed by atoms with Crippen molar-refractivity contribution in [1.82, 2.24) is 0 Å². The van der Waals surface area contributed by atoms with Gasteiger partial charge in [-0.25, -0.2) is 0 Å². The molecule has 0 bridgehead atoms. The van der Waals surface area contributed by atoms with Crippen LogP contribution < -0.4 is 9.47 Å². The molecule has 0 saturated heterocycles. The molecule has 1 saturated carbocycles. The minimum Gasteiger partial charge on any atom is -0.504 e. The first-order chi connectivity index (χ1) is 6.31. The highest BCUT2D eigenvalue weighted by Crippen LogP contribution is 2.39. The fourth-order valence-electron chi connectivity index (χ4n) is 1.14. The average molecular weight is 180 g/mol. The Morgan fingerprint density at radius 2 is 2.15 bits per heavy atom. The lowest BCUT2D eigenvalue weighted by Gasteiger charge is -2.10. The standard InChI is InChI=1S/C10H12O3/c1-12-9-4-2-3-8(11)10(9)13-7-5-6-7/h2-4,7,11H,5-6H2,1H3. The first kappa shape index (κ1) is 8.23. The second kappa shape index (κ2) is 3.17. The van der Waals surface area contributed by atoms with E-state index in [4.69, 9.17) is 9.47 Å². The molecular formula is C10H12O3. The van der Waals surface area contributed by atoms with Crippen LogP contribution in [0.15, 0.2) is 18.2 Å². The van der Waals surface area contributed by atoms with E-state index in [0.29, 0.717) is 11.5 Å². The SMILES string of the molecule is COc1cccc(O)c1OC1CC1. The highest BCUT2D eigenvalue weighted by atomic mass is 16.5. The number of phenolic OH excluding ortho intramolecular Hbond substituents is 1. The molecule has 3 nitrogen and oxygen atoms in total. The second-order valence-electron chi connectivity index (χ2n) is 3.13. The molecule has 0 aromatic heterocycles. The van der Waals surface area contributed by atoms with Crippen LogP contribution in [0.25, 0.3) is 0 Å². The molecule has 0 aliphatic heterocycles. The van der Waals surface area contributed by atoms with E-state index in [1.54, 1.807) is 25.3 Å². The number of phenols is 1. The van der Waals surface area contributed by atoms with Crippen LogP contribution >= 0.6 is 0 Å². The van der Waals surface area contributed by atoms with Crippen molar-refractivity contribution in [3.05, 3.63) is 18.2 Å². The number of rotatable bonds is 3. The zero-order chi connectivity index (χ0) is 9.26. The maximum absolute atomic E-state index is 9.49. The van der Waals surface area contributed by atoms with Crippen molar-refractivity contribution in [3.63, 3.8) is 0 Å². The molecule has 1 N–H and O–H groups in total. The van der Waals surface area contributed by atoms with Gasteiger partial charge in [0, 0.05) is 0 Å². The van der Waals surface area contributed by atoms with Crippen molar-refractivity contribution in [1.29, 1.82) is 0 Å². The third kappa shape index (κ3) is 1.69. The number of para-hydroxylation sites is 1. The number of aromatic hydroxyl groups is 1. The smallest absolute Gasteiger partial charge is 0.203 e. The summed E-state index contributed by atoms with van der Waals surface area (Å²) >= 11 is 0. The summed E-state index contributed by atoms with van der Waals surface area (Å²) in [6.07, 6.45) is 2.40. The van der Waals surface area contributed by atoms with E-state index in [1.165, 1.54) is 0 Å². The molecular weight excluding hydrogens is 168 g/mol. The highest BCUT2D eigenvalue weighted by molar-refractivity contribution is 5.50. The normalized spacial score (nSPS) is 15.5. The molecule has 0 atom stereocenters. The number of ether oxygens (including phenoxy) is 2. The quantitative estimate of drug-likeness (QED) is 0.772. The van der Waals surface area contributed by atoms with Crippen molar-refractivity contribution in [2.24, 2.45) is 0 Å². The van der Waals surface area contributed by atoms with E-state index in [1.807, 2.05) is 0 Å². The summed E-state index contributed by atoms with van der Waals surface area (Å²) in [6.45, 7) is 0. The van der Waals surface area contributed by atoms with Crippen molar-refractivity contribution in [3.8, 4) is 17.2 Å². The van der Waals surface area contributed by atoms with Crippen molar-refractivity contribution in [2.75, 3.05) is 7.11 Å². The Morgan fingerprint density at radius 1 is 1.38 bits per heavy atom. The van der Waals surface area contributed by atoms with Crippen LogP contribution in [-0.4, -0.2) is 18.3 Å². The van der Waals surface area contributed by atoms with Crippen LogP contribution in [0.2, 0.25) is 0 Å². The number of hydrogen-bond donors (Lipinski definition) is 1. The van der Waals surface area contributed by atoms with Gasteiger partial charge in [-0.15, -0.1) is 0 Å². The highest BCUT2D eigenvalue weighted by Gasteiger charge is 2.26. The molecule has 2 rings (SSSR count). The Morgan fingerprint density at radius 3 is 2.77 bits per heavy atom. The summed E-state index contributed by atoms with van der Waals surface area (Å²) in [4.78, 5) is 0. The predicted octanol–water partition coefficient (Wildman–Crippen LogP) is 1.94. The third-order valence-corrected chi connectivity index (χ3v) is 1.99. The van der Waals surface area contributed by atoms with E-state index in [9.17, 15) is 5.11 Å². The van der Waals surface area contributed by atoms with Crippen molar-refractivity contribution >= 4 is 0 Å². The Bertz CT molecular complexity index is 305. The van der Waals surface area contributed by atoms with Crippen molar-refractivity contribution in [2.45, 2.75) is 18.9 Å². The van der Waals surface area contributed by atoms with Gasteiger partial charge in [0.05, 0.1) is 13.2 Å². The van der Waals surface area contributed by atoms with Gasteiger partial charge in [-0.1, -0.05) is 6.07 Å². The largest absolute Gasteiger partial charge is 0.504 e. The molecule has 70 valence electrons. The molecule has 3 heteroatoms. The first-order valence-corrected chi connectivity index (χ1v) is 4.34. The average Bonchev–Trinajstić information content (AvgIpc) is 2.92. The van der Waals surface area contributed by atoms with Crippen LogP contribution in [0.4, 0.5) is 0 Å². The minimum atomic E-state index is 0.145. The third-order valence-electron chi connectivity index (χ3n) is 1.99. The topological polar surface area (TPSA) is 38.7 Å². The zero-order valence-electron chi connectivity index (χ0n) is 7.49. The van der Waals surface area contributed by atoms with E-state index >= 15 is 0 Å². The van der Waals surface area contributed by atoms with Gasteiger partial charge in [0.25, 0.3) is 0 Å². The van der Waals surface area contributed by atoms with Gasteiger partial charge in [-0.2, -0.15) is 0 Å². The maximum Gasteiger partial charge on any atom is 0.203 e. The first-order valence-electron chi connectivity index (χ1n) is 4.34. The van der Waals surface area contributed by atoms with Gasteiger partial charge in [0.2, 0.25) is 5.75 Å². The minimum absolute atomic E-state index is 0.145. The summed E-state index contributed by atoms with van der Waals surface area (Å²) < 4.78 is 10.6. The number of benzene rings is 1. The fraction of sp³-hybridized carbons (Fsp3) is 0.400. The molecule has 1 fully saturated rings. The van der Waals surface area contributed by atoms with Gasteiger partial charge < -0.3 is 14.6 Å². The van der Waals surface area contributed by atoms with Gasteiger partial charge in [0.1, 0.15) is 0 Å². The Labute approximate surface area is 76.9 Å². The second-order valence-corrected chi connectivity index (χ2v) is 3.13. The molecule has 0 radical (unpaired) electrons. The van der Waals surface area contributed by atoms with Crippen LogP contribution in [0.5, 0.6) is 17.2 Å². The fourth-order valence-corrected chi connectivity index (χ4v) is 1.14. The lowest BCUT2D eigenvalue weighted by Crippen LogP contribution is -1.98. The molecule has 1 aliphatic rings. The molecule has 13 heavy (non-hydrogen) atoms. The molecule has 1 aliphatic carbocycles. The van der Waals surface area contributed by atoms with Gasteiger partial charge >= 0.3 is 0 Å². The Balaban J connectivity index is 2.27. The van der Waals surface area contributed by atoms with Crippen LogP contribution in [0.3, 0.4) is 0 Å². The van der Waals surface area contributed by atoms with E-state index in [-0.39, 0.29) is 11.9 Å². The number of methoxy groups -OCH3 is 1. The van der Waals surface area contributed by atoms with Gasteiger partial charge in [-0.05, 0) is 25.0 Å². The molecule has 1 aromatic rings. The van der Waals surface area contributed by atoms with Gasteiger partial charge in [-0.3, -0.25) is 0 Å². The zero-order valence-corrected chi connectivity index (χ0v) is 7.49. The summed E-state index contributed by atoms with van der Waals surface area (Å²) in [7, 11) is 1.56. The van der Waals surface area contributed by atoms with Crippen LogP contribution in [-0.2, 0) is 0 Å². The summed E-state index contributed by atoms with van der Waals surface area (Å²) in [5.41, 5.74) is 0. The molecule has 1 aromatic carbocycles. The van der Waals surface area contributed by atoms with E-state index in [0.717, 1.165) is 12.8 Å². The maximum atomic E-state index is 9.49. The summed E-state index contributed by atoms with van der Waals surface area (Å²) in [6, 6.07) is 5.10. The molecule has 0 amide bonds. The number of hydrogen-bond acceptors (Lipinski definition) is 3. The molecule has 0 spiro atoms. The summed E-state index contributed by atoms with van der Waals surface area (Å²) in [5.74, 6) is 1.20. The molecule has 0 unspecified atom stereocenters. The summed E-state index contributed by atoms with van der Waals surface area (Å²) in [5, 5.41) is 9.49. The van der Waals surface area contributed by atoms with Crippen LogP contribution in [0, 0.1) is 0 Å². The lowest BCUT2D eigenvalue weighted by molar-refractivity contribution is 0.267. The predicted molar refractivity (Wildman–Crippen MR) is 48.3 cm³/mol. The van der Waals surface area contributed by atoms with Crippen LogP contribution in [0.1, 0.15) is 12.8 Å². The van der Waals surface area contributed by atoms with E-state index < -0.39 is 0 Å². The lowest BCUT2D eigenvalue weighted by atomic mass is 10.3. The monoisotopic (exact) mass is 180 g/mol. The van der Waals surface area contributed by atoms with Gasteiger partial charge in [0.15, 0.2) is 11.5 Å².